The molecule has 0 spiro atoms. The summed E-state index contributed by atoms with van der Waals surface area (Å²) in [5.41, 5.74) is 6.84. The Morgan fingerprint density at radius 1 is 0.968 bits per heavy atom. The van der Waals surface area contributed by atoms with E-state index >= 15 is 0 Å². The summed E-state index contributed by atoms with van der Waals surface area (Å²) in [7, 11) is 0. The first-order valence-electron chi connectivity index (χ1n) is 9.60. The van der Waals surface area contributed by atoms with Gasteiger partial charge in [0.1, 0.15) is 9.88 Å². The van der Waals surface area contributed by atoms with Gasteiger partial charge in [-0.2, -0.15) is 0 Å². The van der Waals surface area contributed by atoms with E-state index in [1.165, 1.54) is 11.3 Å². The molecule has 0 atom stereocenters. The average molecular weight is 457 g/mol. The van der Waals surface area contributed by atoms with Crippen molar-refractivity contribution in [2.75, 3.05) is 6.54 Å². The Morgan fingerprint density at radius 2 is 1.68 bits per heavy atom. The maximum absolute atomic E-state index is 12.4. The summed E-state index contributed by atoms with van der Waals surface area (Å²) in [6, 6.07) is 16.1. The van der Waals surface area contributed by atoms with Crippen molar-refractivity contribution in [3.63, 3.8) is 0 Å². The predicted octanol–water partition coefficient (Wildman–Crippen LogP) is 3.74. The van der Waals surface area contributed by atoms with Crippen LogP contribution in [0.4, 0.5) is 0 Å². The van der Waals surface area contributed by atoms with E-state index < -0.39 is 5.91 Å². The molecule has 3 aromatic rings. The number of benzene rings is 2. The molecule has 3 N–H and O–H groups in total. The number of hydrogen-bond donors (Lipinski definition) is 3. The van der Waals surface area contributed by atoms with Crippen LogP contribution >= 0.6 is 22.9 Å². The third-order valence-electron chi connectivity index (χ3n) is 4.31. The van der Waals surface area contributed by atoms with Crippen LogP contribution in [0.5, 0.6) is 0 Å². The Kier molecular flexibility index (Phi) is 7.75. The van der Waals surface area contributed by atoms with Crippen LogP contribution in [0.25, 0.3) is 10.6 Å². The lowest BCUT2D eigenvalue weighted by Crippen LogP contribution is -2.41. The molecule has 0 radical (unpaired) electrons. The molecule has 0 aliphatic heterocycles. The van der Waals surface area contributed by atoms with Crippen molar-refractivity contribution >= 4 is 40.7 Å². The Labute approximate surface area is 188 Å². The van der Waals surface area contributed by atoms with E-state index in [1.54, 1.807) is 31.2 Å². The minimum atomic E-state index is -0.415. The molecule has 3 amide bonds. The minimum Gasteiger partial charge on any atom is -0.352 e. The summed E-state index contributed by atoms with van der Waals surface area (Å²) >= 11 is 7.06. The van der Waals surface area contributed by atoms with Gasteiger partial charge < -0.3 is 5.32 Å². The zero-order valence-electron chi connectivity index (χ0n) is 16.8. The molecule has 31 heavy (non-hydrogen) atoms. The molecule has 2 aromatic carbocycles. The van der Waals surface area contributed by atoms with Gasteiger partial charge in [0.05, 0.1) is 5.69 Å². The second-order valence-electron chi connectivity index (χ2n) is 6.67. The smallest absolute Gasteiger partial charge is 0.281 e. The molecule has 1 heterocycles. The van der Waals surface area contributed by atoms with Gasteiger partial charge in [-0.05, 0) is 37.6 Å². The molecule has 0 aliphatic rings. The van der Waals surface area contributed by atoms with E-state index in [1.807, 2.05) is 30.3 Å². The van der Waals surface area contributed by atoms with Crippen LogP contribution in [0.1, 0.15) is 38.6 Å². The third-order valence-corrected chi connectivity index (χ3v) is 5.77. The van der Waals surface area contributed by atoms with Gasteiger partial charge in [-0.3, -0.25) is 25.2 Å². The highest BCUT2D eigenvalue weighted by Gasteiger charge is 2.16. The standard InChI is InChI=1S/C22H21ClN4O3S/c1-14-19(31-22(25-14)16-6-3-2-4-7-16)21(30)27-26-18(28)8-5-13-24-20(29)15-9-11-17(23)12-10-15/h2-4,6-7,9-12H,5,8,13H2,1H3,(H,24,29)(H,26,28)(H,27,30). The van der Waals surface area contributed by atoms with E-state index in [4.69, 9.17) is 11.6 Å². The van der Waals surface area contributed by atoms with Gasteiger partial charge >= 0.3 is 0 Å². The maximum atomic E-state index is 12.4. The first kappa shape index (κ1) is 22.5. The van der Waals surface area contributed by atoms with Crippen molar-refractivity contribution in [3.8, 4) is 10.6 Å². The average Bonchev–Trinajstić information content (AvgIpc) is 3.17. The Hall–Kier alpha value is -3.23. The second-order valence-corrected chi connectivity index (χ2v) is 8.10. The summed E-state index contributed by atoms with van der Waals surface area (Å²) in [4.78, 5) is 41.2. The third kappa shape index (κ3) is 6.37. The first-order chi connectivity index (χ1) is 14.9. The van der Waals surface area contributed by atoms with Gasteiger partial charge in [0.15, 0.2) is 0 Å². The molecule has 0 fully saturated rings. The number of carbonyl (C=O) groups excluding carboxylic acids is 3. The molecule has 0 saturated heterocycles. The monoisotopic (exact) mass is 456 g/mol. The summed E-state index contributed by atoms with van der Waals surface area (Å²) in [5.74, 6) is -0.999. The number of halogens is 1. The number of carbonyl (C=O) groups is 3. The highest BCUT2D eigenvalue weighted by atomic mass is 35.5. The summed E-state index contributed by atoms with van der Waals surface area (Å²) in [6.45, 7) is 2.08. The van der Waals surface area contributed by atoms with Gasteiger partial charge in [0.25, 0.3) is 11.8 Å². The molecule has 1 aromatic heterocycles. The van der Waals surface area contributed by atoms with Crippen LogP contribution in [-0.4, -0.2) is 29.3 Å². The molecular formula is C22H21ClN4O3S. The van der Waals surface area contributed by atoms with Gasteiger partial charge in [0.2, 0.25) is 5.91 Å². The SMILES string of the molecule is Cc1nc(-c2ccccc2)sc1C(=O)NNC(=O)CCCNC(=O)c1ccc(Cl)cc1. The Morgan fingerprint density at radius 3 is 2.39 bits per heavy atom. The lowest BCUT2D eigenvalue weighted by molar-refractivity contribution is -0.121. The van der Waals surface area contributed by atoms with Gasteiger partial charge in [-0.25, -0.2) is 4.98 Å². The molecule has 0 unspecified atom stereocenters. The maximum Gasteiger partial charge on any atom is 0.281 e. The molecule has 9 heteroatoms. The van der Waals surface area contributed by atoms with E-state index in [2.05, 4.69) is 21.2 Å². The predicted molar refractivity (Wildman–Crippen MR) is 121 cm³/mol. The second kappa shape index (κ2) is 10.7. The number of aryl methyl sites for hydroxylation is 1. The largest absolute Gasteiger partial charge is 0.352 e. The van der Waals surface area contributed by atoms with E-state index in [9.17, 15) is 14.4 Å². The molecule has 0 aliphatic carbocycles. The van der Waals surface area contributed by atoms with E-state index in [0.29, 0.717) is 34.1 Å². The number of amides is 3. The highest BCUT2D eigenvalue weighted by Crippen LogP contribution is 2.27. The Balaban J connectivity index is 1.40. The summed E-state index contributed by atoms with van der Waals surface area (Å²) in [5, 5.41) is 4.03. The number of hydrazine groups is 1. The lowest BCUT2D eigenvalue weighted by atomic mass is 10.2. The van der Waals surface area contributed by atoms with Crippen LogP contribution in [0.15, 0.2) is 54.6 Å². The molecule has 0 saturated carbocycles. The number of nitrogens with zero attached hydrogens (tertiary/aromatic N) is 1. The van der Waals surface area contributed by atoms with Gasteiger partial charge in [-0.15, -0.1) is 11.3 Å². The van der Waals surface area contributed by atoms with Crippen molar-refractivity contribution < 1.29 is 14.4 Å². The van der Waals surface area contributed by atoms with Crippen LogP contribution in [0.2, 0.25) is 5.02 Å². The number of nitrogens with one attached hydrogen (secondary N) is 3. The van der Waals surface area contributed by atoms with E-state index in [0.717, 1.165) is 10.6 Å². The Bertz CT molecular complexity index is 1070. The first-order valence-corrected chi connectivity index (χ1v) is 10.8. The number of thiazole rings is 1. The normalized spacial score (nSPS) is 10.4. The van der Waals surface area contributed by atoms with Crippen LogP contribution < -0.4 is 16.2 Å². The number of aromatic nitrogens is 1. The van der Waals surface area contributed by atoms with Crippen molar-refractivity contribution in [2.45, 2.75) is 19.8 Å². The molecule has 3 rings (SSSR count). The molecule has 7 nitrogen and oxygen atoms in total. The quantitative estimate of drug-likeness (QED) is 0.372. The van der Waals surface area contributed by atoms with Crippen molar-refractivity contribution in [1.29, 1.82) is 0 Å². The van der Waals surface area contributed by atoms with Gasteiger partial charge in [0, 0.05) is 29.1 Å². The summed E-state index contributed by atoms with van der Waals surface area (Å²) < 4.78 is 0. The number of rotatable bonds is 7. The zero-order valence-corrected chi connectivity index (χ0v) is 18.3. The minimum absolute atomic E-state index is 0.151. The van der Waals surface area contributed by atoms with Crippen LogP contribution in [0, 0.1) is 6.92 Å². The van der Waals surface area contributed by atoms with Crippen LogP contribution in [0.3, 0.4) is 0 Å². The molecule has 0 bridgehead atoms. The van der Waals surface area contributed by atoms with Crippen molar-refractivity contribution in [1.82, 2.24) is 21.2 Å². The highest BCUT2D eigenvalue weighted by molar-refractivity contribution is 7.17. The molecule has 160 valence electrons. The van der Waals surface area contributed by atoms with Gasteiger partial charge in [-0.1, -0.05) is 41.9 Å². The molecular weight excluding hydrogens is 436 g/mol. The van der Waals surface area contributed by atoms with Crippen molar-refractivity contribution in [3.05, 3.63) is 75.8 Å². The fourth-order valence-electron chi connectivity index (χ4n) is 2.71. The topological polar surface area (TPSA) is 100 Å². The van der Waals surface area contributed by atoms with E-state index in [-0.39, 0.29) is 18.2 Å². The number of hydrogen-bond acceptors (Lipinski definition) is 5. The lowest BCUT2D eigenvalue weighted by Gasteiger charge is -2.07. The fourth-order valence-corrected chi connectivity index (χ4v) is 3.80. The van der Waals surface area contributed by atoms with Crippen LogP contribution in [-0.2, 0) is 4.79 Å². The fraction of sp³-hybridized carbons (Fsp3) is 0.182. The van der Waals surface area contributed by atoms with Crippen molar-refractivity contribution in [2.24, 2.45) is 0 Å². The summed E-state index contributed by atoms with van der Waals surface area (Å²) in [6.07, 6.45) is 0.580. The zero-order chi connectivity index (χ0) is 22.2.